The number of hydrogen-bond acceptors (Lipinski definition) is 5. The summed E-state index contributed by atoms with van der Waals surface area (Å²) < 4.78 is 6.78. The summed E-state index contributed by atoms with van der Waals surface area (Å²) >= 11 is 0. The second-order valence-corrected chi connectivity index (χ2v) is 8.51. The van der Waals surface area contributed by atoms with Gasteiger partial charge in [0.25, 0.3) is 0 Å². The standard InChI is InChI=1S/C26H28N4O5/c1-3-16(12-13-24(31)28-23-14-22(25(32)33)30(2)29-23)27-26(34)35-15-21-19-10-6-4-8-17(19)18-9-5-7-11-20(18)21/h4-11,14,16,21H,3,12-13,15H2,1-2H3,(H,27,34)(H,32,33)(H,28,29,31). The zero-order chi connectivity index (χ0) is 24.9. The molecule has 1 heterocycles. The molecule has 4 rings (SSSR count). The van der Waals surface area contributed by atoms with Gasteiger partial charge in [0.2, 0.25) is 5.91 Å². The van der Waals surface area contributed by atoms with Crippen molar-refractivity contribution in [1.82, 2.24) is 15.1 Å². The molecule has 1 aromatic heterocycles. The number of carboxylic acids is 1. The molecule has 0 bridgehead atoms. The lowest BCUT2D eigenvalue weighted by molar-refractivity contribution is -0.116. The normalized spacial score (nSPS) is 13.0. The van der Waals surface area contributed by atoms with E-state index in [9.17, 15) is 14.4 Å². The van der Waals surface area contributed by atoms with Crippen LogP contribution in [-0.2, 0) is 16.6 Å². The highest BCUT2D eigenvalue weighted by Gasteiger charge is 2.29. The molecule has 0 saturated carbocycles. The quantitative estimate of drug-likeness (QED) is 0.426. The van der Waals surface area contributed by atoms with Crippen molar-refractivity contribution in [2.45, 2.75) is 38.1 Å². The minimum Gasteiger partial charge on any atom is -0.477 e. The molecule has 35 heavy (non-hydrogen) atoms. The van der Waals surface area contributed by atoms with Crippen molar-refractivity contribution in [3.8, 4) is 11.1 Å². The Balaban J connectivity index is 1.28. The summed E-state index contributed by atoms with van der Waals surface area (Å²) in [6.45, 7) is 2.15. The number of nitrogens with one attached hydrogen (secondary N) is 2. The van der Waals surface area contributed by atoms with E-state index >= 15 is 0 Å². The fourth-order valence-corrected chi connectivity index (χ4v) is 4.42. The first-order valence-corrected chi connectivity index (χ1v) is 11.6. The molecule has 9 nitrogen and oxygen atoms in total. The zero-order valence-corrected chi connectivity index (χ0v) is 19.7. The number of alkyl carbamates (subject to hydrolysis) is 1. The van der Waals surface area contributed by atoms with E-state index in [1.807, 2.05) is 31.2 Å². The molecule has 2 aromatic carbocycles. The number of aromatic carboxylic acids is 1. The fourth-order valence-electron chi connectivity index (χ4n) is 4.42. The lowest BCUT2D eigenvalue weighted by Gasteiger charge is -2.18. The van der Waals surface area contributed by atoms with Crippen LogP contribution in [0.1, 0.15) is 53.7 Å². The van der Waals surface area contributed by atoms with Gasteiger partial charge in [0.1, 0.15) is 12.3 Å². The van der Waals surface area contributed by atoms with E-state index in [4.69, 9.17) is 9.84 Å². The van der Waals surface area contributed by atoms with Crippen LogP contribution in [0.2, 0.25) is 0 Å². The molecule has 0 fully saturated rings. The van der Waals surface area contributed by atoms with Crippen LogP contribution < -0.4 is 10.6 Å². The zero-order valence-electron chi connectivity index (χ0n) is 19.7. The maximum atomic E-state index is 12.5. The van der Waals surface area contributed by atoms with Crippen LogP contribution in [0.15, 0.2) is 54.6 Å². The summed E-state index contributed by atoms with van der Waals surface area (Å²) in [5.41, 5.74) is 4.59. The maximum absolute atomic E-state index is 12.5. The van der Waals surface area contributed by atoms with Gasteiger partial charge in [-0.05, 0) is 35.1 Å². The van der Waals surface area contributed by atoms with E-state index in [-0.39, 0.29) is 42.4 Å². The Labute approximate surface area is 203 Å². The van der Waals surface area contributed by atoms with E-state index in [2.05, 4.69) is 40.0 Å². The molecule has 1 aliphatic rings. The first kappa shape index (κ1) is 24.0. The number of amides is 2. The van der Waals surface area contributed by atoms with Gasteiger partial charge >= 0.3 is 12.1 Å². The Morgan fingerprint density at radius 3 is 2.29 bits per heavy atom. The third kappa shape index (κ3) is 5.34. The van der Waals surface area contributed by atoms with Crippen molar-refractivity contribution in [2.24, 2.45) is 7.05 Å². The molecule has 1 aliphatic carbocycles. The van der Waals surface area contributed by atoms with Gasteiger partial charge in [-0.2, -0.15) is 5.10 Å². The van der Waals surface area contributed by atoms with Crippen LogP contribution >= 0.6 is 0 Å². The average Bonchev–Trinajstić information content (AvgIpc) is 3.37. The number of carboxylic acid groups (broad SMARTS) is 1. The molecular formula is C26H28N4O5. The van der Waals surface area contributed by atoms with Crippen LogP contribution in [0.3, 0.4) is 0 Å². The highest BCUT2D eigenvalue weighted by Crippen LogP contribution is 2.44. The third-order valence-electron chi connectivity index (χ3n) is 6.24. The maximum Gasteiger partial charge on any atom is 0.407 e. The van der Waals surface area contributed by atoms with Gasteiger partial charge in [-0.15, -0.1) is 0 Å². The monoisotopic (exact) mass is 476 g/mol. The number of nitrogens with zero attached hydrogens (tertiary/aromatic N) is 2. The second-order valence-electron chi connectivity index (χ2n) is 8.51. The van der Waals surface area contributed by atoms with E-state index < -0.39 is 12.1 Å². The lowest BCUT2D eigenvalue weighted by atomic mass is 9.98. The number of anilines is 1. The molecule has 0 spiro atoms. The number of hydrogen-bond donors (Lipinski definition) is 3. The van der Waals surface area contributed by atoms with Crippen molar-refractivity contribution >= 4 is 23.8 Å². The van der Waals surface area contributed by atoms with Crippen molar-refractivity contribution in [1.29, 1.82) is 0 Å². The first-order chi connectivity index (χ1) is 16.9. The van der Waals surface area contributed by atoms with Gasteiger partial charge in [-0.25, -0.2) is 9.59 Å². The van der Waals surface area contributed by atoms with Gasteiger partial charge in [0, 0.05) is 31.5 Å². The summed E-state index contributed by atoms with van der Waals surface area (Å²) in [7, 11) is 1.49. The summed E-state index contributed by atoms with van der Waals surface area (Å²) in [4.78, 5) is 35.9. The van der Waals surface area contributed by atoms with Crippen molar-refractivity contribution in [3.05, 3.63) is 71.4 Å². The minimum atomic E-state index is -1.13. The average molecular weight is 477 g/mol. The van der Waals surface area contributed by atoms with Crippen LogP contribution in [0.4, 0.5) is 10.6 Å². The number of fused-ring (bicyclic) bond motifs is 3. The predicted molar refractivity (Wildman–Crippen MR) is 130 cm³/mol. The fraction of sp³-hybridized carbons (Fsp3) is 0.308. The largest absolute Gasteiger partial charge is 0.477 e. The van der Waals surface area contributed by atoms with Crippen molar-refractivity contribution < 1.29 is 24.2 Å². The summed E-state index contributed by atoms with van der Waals surface area (Å²) in [6, 6.07) is 17.3. The number of benzene rings is 2. The van der Waals surface area contributed by atoms with Gasteiger partial charge in [-0.3, -0.25) is 9.48 Å². The Bertz CT molecular complexity index is 1210. The van der Waals surface area contributed by atoms with E-state index in [1.54, 1.807) is 0 Å². The number of aryl methyl sites for hydroxylation is 1. The number of carbonyl (C=O) groups is 3. The number of aromatic nitrogens is 2. The van der Waals surface area contributed by atoms with Gasteiger partial charge in [0.05, 0.1) is 0 Å². The summed E-state index contributed by atoms with van der Waals surface area (Å²) in [5, 5.41) is 18.5. The molecule has 0 aliphatic heterocycles. The summed E-state index contributed by atoms with van der Waals surface area (Å²) in [6.07, 6.45) is 0.659. The SMILES string of the molecule is CCC(CCC(=O)Nc1cc(C(=O)O)n(C)n1)NC(=O)OCC1c2ccccc2-c2ccccc21. The van der Waals surface area contributed by atoms with Crippen molar-refractivity contribution in [3.63, 3.8) is 0 Å². The Hall–Kier alpha value is -4.14. The molecule has 1 atom stereocenters. The van der Waals surface area contributed by atoms with Crippen LogP contribution in [-0.4, -0.2) is 45.5 Å². The number of ether oxygens (including phenoxy) is 1. The Morgan fingerprint density at radius 1 is 1.09 bits per heavy atom. The van der Waals surface area contributed by atoms with Crippen LogP contribution in [0.5, 0.6) is 0 Å². The molecule has 0 saturated heterocycles. The highest BCUT2D eigenvalue weighted by molar-refractivity contribution is 5.92. The number of carbonyl (C=O) groups excluding carboxylic acids is 2. The molecule has 9 heteroatoms. The topological polar surface area (TPSA) is 123 Å². The molecule has 3 N–H and O–H groups in total. The molecule has 0 radical (unpaired) electrons. The van der Waals surface area contributed by atoms with Gasteiger partial charge in [-0.1, -0.05) is 55.5 Å². The molecule has 3 aromatic rings. The molecular weight excluding hydrogens is 448 g/mol. The van der Waals surface area contributed by atoms with Gasteiger partial charge in [0.15, 0.2) is 5.82 Å². The Kier molecular flexibility index (Phi) is 7.14. The van der Waals surface area contributed by atoms with Crippen molar-refractivity contribution in [2.75, 3.05) is 11.9 Å². The molecule has 1 unspecified atom stereocenters. The lowest BCUT2D eigenvalue weighted by Crippen LogP contribution is -2.36. The minimum absolute atomic E-state index is 0.0203. The Morgan fingerprint density at radius 2 is 1.71 bits per heavy atom. The smallest absolute Gasteiger partial charge is 0.407 e. The third-order valence-corrected chi connectivity index (χ3v) is 6.24. The van der Waals surface area contributed by atoms with E-state index in [1.165, 1.54) is 17.8 Å². The van der Waals surface area contributed by atoms with E-state index in [0.29, 0.717) is 12.8 Å². The first-order valence-electron chi connectivity index (χ1n) is 11.6. The molecule has 2 amide bonds. The van der Waals surface area contributed by atoms with Gasteiger partial charge < -0.3 is 20.5 Å². The van der Waals surface area contributed by atoms with Crippen LogP contribution in [0, 0.1) is 0 Å². The highest BCUT2D eigenvalue weighted by atomic mass is 16.5. The molecule has 182 valence electrons. The summed E-state index contributed by atoms with van der Waals surface area (Å²) in [5.74, 6) is -1.29. The predicted octanol–water partition coefficient (Wildman–Crippen LogP) is 4.15. The van der Waals surface area contributed by atoms with E-state index in [0.717, 1.165) is 22.3 Å². The number of rotatable bonds is 9. The van der Waals surface area contributed by atoms with Crippen LogP contribution in [0.25, 0.3) is 11.1 Å². The second kappa shape index (κ2) is 10.4.